The van der Waals surface area contributed by atoms with Gasteiger partial charge in [0.25, 0.3) is 0 Å². The fourth-order valence-electron chi connectivity index (χ4n) is 4.35. The highest BCUT2D eigenvalue weighted by Gasteiger charge is 2.30. The molecule has 2 fully saturated rings. The van der Waals surface area contributed by atoms with Crippen LogP contribution in [0.1, 0.15) is 24.3 Å². The number of piperidine rings is 1. The molecular formula is C23H32N4O3. The van der Waals surface area contributed by atoms with Crippen LogP contribution in [-0.2, 0) is 17.8 Å². The SMILES string of the molecule is CN1CCN(C(=O)C[C@@H]2CCNC[C@@H]2Cc2cc(COc3ccccc3)on2)CC1. The van der Waals surface area contributed by atoms with Gasteiger partial charge in [0, 0.05) is 38.7 Å². The Kier molecular flexibility index (Phi) is 7.02. The minimum absolute atomic E-state index is 0.303. The van der Waals surface area contributed by atoms with Crippen molar-refractivity contribution >= 4 is 5.91 Å². The Balaban J connectivity index is 1.30. The quantitative estimate of drug-likeness (QED) is 0.752. The van der Waals surface area contributed by atoms with E-state index in [9.17, 15) is 4.79 Å². The van der Waals surface area contributed by atoms with Gasteiger partial charge >= 0.3 is 0 Å². The van der Waals surface area contributed by atoms with Gasteiger partial charge in [0.1, 0.15) is 12.4 Å². The summed E-state index contributed by atoms with van der Waals surface area (Å²) in [5.41, 5.74) is 0.937. The standard InChI is InChI=1S/C23H32N4O3/c1-26-9-11-27(12-10-26)23(28)14-18-7-8-24-16-19(18)13-20-15-22(30-25-20)17-29-21-5-3-2-4-6-21/h2-6,15,18-19,24H,7-14,16-17H2,1H3/t18-,19-/m0/s1. The van der Waals surface area contributed by atoms with E-state index in [-0.39, 0.29) is 0 Å². The number of likely N-dealkylation sites (N-methyl/N-ethyl adjacent to an activating group) is 1. The normalized spacial score (nSPS) is 22.8. The Labute approximate surface area is 178 Å². The van der Waals surface area contributed by atoms with Gasteiger partial charge in [-0.05, 0) is 56.9 Å². The Bertz CT molecular complexity index is 802. The summed E-state index contributed by atoms with van der Waals surface area (Å²) in [6.07, 6.45) is 2.49. The lowest BCUT2D eigenvalue weighted by molar-refractivity contribution is -0.134. The molecule has 0 unspecified atom stereocenters. The fraction of sp³-hybridized carbons (Fsp3) is 0.565. The average Bonchev–Trinajstić information content (AvgIpc) is 3.22. The molecule has 1 aromatic heterocycles. The monoisotopic (exact) mass is 412 g/mol. The molecule has 0 radical (unpaired) electrons. The lowest BCUT2D eigenvalue weighted by atomic mass is 9.81. The highest BCUT2D eigenvalue weighted by atomic mass is 16.5. The predicted octanol–water partition coefficient (Wildman–Crippen LogP) is 2.19. The Morgan fingerprint density at radius 2 is 2.00 bits per heavy atom. The van der Waals surface area contributed by atoms with E-state index in [1.807, 2.05) is 41.3 Å². The van der Waals surface area contributed by atoms with E-state index in [0.29, 0.717) is 30.8 Å². The van der Waals surface area contributed by atoms with Crippen LogP contribution in [0.15, 0.2) is 40.9 Å². The largest absolute Gasteiger partial charge is 0.486 e. The first-order chi connectivity index (χ1) is 14.7. The van der Waals surface area contributed by atoms with Gasteiger partial charge in [-0.3, -0.25) is 4.79 Å². The summed E-state index contributed by atoms with van der Waals surface area (Å²) < 4.78 is 11.2. The molecule has 7 heteroatoms. The molecule has 4 rings (SSSR count). The molecule has 0 bridgehead atoms. The van der Waals surface area contributed by atoms with Crippen molar-refractivity contribution in [1.29, 1.82) is 0 Å². The molecule has 2 aliphatic heterocycles. The van der Waals surface area contributed by atoms with Crippen molar-refractivity contribution in [2.75, 3.05) is 46.3 Å². The molecule has 30 heavy (non-hydrogen) atoms. The molecule has 162 valence electrons. The van der Waals surface area contributed by atoms with Crippen molar-refractivity contribution in [1.82, 2.24) is 20.3 Å². The number of amides is 1. The second-order valence-electron chi connectivity index (χ2n) is 8.49. The van der Waals surface area contributed by atoms with Crippen LogP contribution >= 0.6 is 0 Å². The zero-order valence-corrected chi connectivity index (χ0v) is 17.8. The van der Waals surface area contributed by atoms with Crippen LogP contribution in [0.5, 0.6) is 5.75 Å². The van der Waals surface area contributed by atoms with Crippen LogP contribution in [0.25, 0.3) is 0 Å². The van der Waals surface area contributed by atoms with Gasteiger partial charge in [-0.15, -0.1) is 0 Å². The number of aromatic nitrogens is 1. The predicted molar refractivity (Wildman–Crippen MR) is 114 cm³/mol. The first-order valence-corrected chi connectivity index (χ1v) is 11.0. The second kappa shape index (κ2) is 10.1. The van der Waals surface area contributed by atoms with E-state index in [4.69, 9.17) is 9.26 Å². The molecule has 2 atom stereocenters. The van der Waals surface area contributed by atoms with Gasteiger partial charge in [0.2, 0.25) is 5.91 Å². The average molecular weight is 413 g/mol. The molecule has 0 aliphatic carbocycles. The van der Waals surface area contributed by atoms with Crippen molar-refractivity contribution in [3.8, 4) is 5.75 Å². The summed E-state index contributed by atoms with van der Waals surface area (Å²) >= 11 is 0. The van der Waals surface area contributed by atoms with E-state index < -0.39 is 0 Å². The van der Waals surface area contributed by atoms with Gasteiger partial charge in [0.05, 0.1) is 5.69 Å². The molecule has 7 nitrogen and oxygen atoms in total. The van der Waals surface area contributed by atoms with Gasteiger partial charge < -0.3 is 24.4 Å². The van der Waals surface area contributed by atoms with Crippen LogP contribution in [-0.4, -0.2) is 67.2 Å². The van der Waals surface area contributed by atoms with Gasteiger partial charge in [-0.1, -0.05) is 23.4 Å². The fourth-order valence-corrected chi connectivity index (χ4v) is 4.35. The first kappa shape index (κ1) is 20.9. The van der Waals surface area contributed by atoms with Gasteiger partial charge in [-0.25, -0.2) is 0 Å². The minimum Gasteiger partial charge on any atom is -0.486 e. The molecule has 1 N–H and O–H groups in total. The molecular weight excluding hydrogens is 380 g/mol. The van der Waals surface area contributed by atoms with E-state index >= 15 is 0 Å². The number of carbonyl (C=O) groups is 1. The Morgan fingerprint density at radius 3 is 2.80 bits per heavy atom. The van der Waals surface area contributed by atoms with Crippen molar-refractivity contribution in [3.63, 3.8) is 0 Å². The van der Waals surface area contributed by atoms with Crippen molar-refractivity contribution in [3.05, 3.63) is 47.9 Å². The van der Waals surface area contributed by atoms with Crippen LogP contribution in [0.3, 0.4) is 0 Å². The van der Waals surface area contributed by atoms with E-state index in [2.05, 4.69) is 22.4 Å². The highest BCUT2D eigenvalue weighted by Crippen LogP contribution is 2.27. The molecule has 2 aromatic rings. The molecule has 0 saturated carbocycles. The first-order valence-electron chi connectivity index (χ1n) is 11.0. The summed E-state index contributed by atoms with van der Waals surface area (Å²) in [6.45, 7) is 5.89. The zero-order valence-electron chi connectivity index (χ0n) is 17.8. The molecule has 1 amide bonds. The molecule has 1 aromatic carbocycles. The smallest absolute Gasteiger partial charge is 0.222 e. The van der Waals surface area contributed by atoms with E-state index in [0.717, 1.165) is 69.3 Å². The number of rotatable bonds is 7. The van der Waals surface area contributed by atoms with Gasteiger partial charge in [-0.2, -0.15) is 0 Å². The number of hydrogen-bond donors (Lipinski definition) is 1. The number of nitrogens with one attached hydrogen (secondary N) is 1. The number of para-hydroxylation sites is 1. The van der Waals surface area contributed by atoms with E-state index in [1.165, 1.54) is 0 Å². The third kappa shape index (κ3) is 5.61. The molecule has 2 saturated heterocycles. The molecule has 0 spiro atoms. The summed E-state index contributed by atoms with van der Waals surface area (Å²) in [6, 6.07) is 11.7. The second-order valence-corrected chi connectivity index (χ2v) is 8.49. The van der Waals surface area contributed by atoms with Crippen LogP contribution in [0.2, 0.25) is 0 Å². The van der Waals surface area contributed by atoms with Crippen LogP contribution < -0.4 is 10.1 Å². The van der Waals surface area contributed by atoms with Crippen molar-refractivity contribution in [2.45, 2.75) is 25.9 Å². The summed E-state index contributed by atoms with van der Waals surface area (Å²) in [5, 5.41) is 7.73. The maximum absolute atomic E-state index is 12.8. The minimum atomic E-state index is 0.303. The zero-order chi connectivity index (χ0) is 20.8. The Hall–Kier alpha value is -2.38. The molecule has 2 aliphatic rings. The summed E-state index contributed by atoms with van der Waals surface area (Å²) in [4.78, 5) is 17.1. The summed E-state index contributed by atoms with van der Waals surface area (Å²) in [7, 11) is 2.11. The molecule has 3 heterocycles. The number of nitrogens with zero attached hydrogens (tertiary/aromatic N) is 3. The lowest BCUT2D eigenvalue weighted by Crippen LogP contribution is -2.48. The maximum atomic E-state index is 12.8. The number of piperazine rings is 1. The van der Waals surface area contributed by atoms with E-state index in [1.54, 1.807) is 0 Å². The lowest BCUT2D eigenvalue weighted by Gasteiger charge is -2.36. The topological polar surface area (TPSA) is 70.8 Å². The summed E-state index contributed by atoms with van der Waals surface area (Å²) in [5.74, 6) is 2.62. The van der Waals surface area contributed by atoms with Crippen LogP contribution in [0, 0.1) is 11.8 Å². The van der Waals surface area contributed by atoms with Crippen molar-refractivity contribution < 1.29 is 14.1 Å². The van der Waals surface area contributed by atoms with Crippen molar-refractivity contribution in [2.24, 2.45) is 11.8 Å². The Morgan fingerprint density at radius 1 is 1.20 bits per heavy atom. The third-order valence-electron chi connectivity index (χ3n) is 6.26. The van der Waals surface area contributed by atoms with Gasteiger partial charge in [0.15, 0.2) is 5.76 Å². The third-order valence-corrected chi connectivity index (χ3v) is 6.26. The van der Waals surface area contributed by atoms with Crippen LogP contribution in [0.4, 0.5) is 0 Å². The maximum Gasteiger partial charge on any atom is 0.222 e. The number of carbonyl (C=O) groups excluding carboxylic acids is 1. The number of benzene rings is 1. The number of hydrogen-bond acceptors (Lipinski definition) is 6. The number of ether oxygens (including phenoxy) is 1. The highest BCUT2D eigenvalue weighted by molar-refractivity contribution is 5.76.